The molecule has 0 spiro atoms. The van der Waals surface area contributed by atoms with Gasteiger partial charge >= 0.3 is 5.97 Å². The lowest BCUT2D eigenvalue weighted by molar-refractivity contribution is 0.0600. The third-order valence-corrected chi connectivity index (χ3v) is 9.32. The molecule has 1 aliphatic rings. The molecule has 0 saturated heterocycles. The van der Waals surface area contributed by atoms with Gasteiger partial charge in [0.15, 0.2) is 0 Å². The van der Waals surface area contributed by atoms with E-state index in [0.717, 1.165) is 45.5 Å². The second-order valence-corrected chi connectivity index (χ2v) is 13.0. The van der Waals surface area contributed by atoms with E-state index in [1.165, 1.54) is 29.8 Å². The highest BCUT2D eigenvalue weighted by atomic mass is 35.5. The largest absolute Gasteiger partial charge is 0.465 e. The van der Waals surface area contributed by atoms with Crippen molar-refractivity contribution in [2.75, 3.05) is 12.4 Å². The molecule has 5 nitrogen and oxygen atoms in total. The zero-order valence-corrected chi connectivity index (χ0v) is 23.0. The summed E-state index contributed by atoms with van der Waals surface area (Å²) in [6.45, 7) is 6.77. The number of pyridine rings is 1. The first kappa shape index (κ1) is 24.9. The summed E-state index contributed by atoms with van der Waals surface area (Å²) in [7, 11) is 1.38. The van der Waals surface area contributed by atoms with Crippen molar-refractivity contribution in [2.24, 2.45) is 11.3 Å². The van der Waals surface area contributed by atoms with Gasteiger partial charge in [-0.1, -0.05) is 50.6 Å². The molecule has 0 fully saturated rings. The fourth-order valence-electron chi connectivity index (χ4n) is 4.84. The molecule has 1 aliphatic carbocycles. The maximum absolute atomic E-state index is 13.7. The Bertz CT molecular complexity index is 1480. The number of para-hydroxylation sites is 1. The molecule has 1 amide bonds. The van der Waals surface area contributed by atoms with E-state index in [2.05, 4.69) is 26.1 Å². The number of benzene rings is 1. The van der Waals surface area contributed by atoms with Crippen LogP contribution in [-0.2, 0) is 17.6 Å². The number of aromatic nitrogens is 1. The number of esters is 1. The molecule has 0 bridgehead atoms. The van der Waals surface area contributed by atoms with Crippen LogP contribution in [0.5, 0.6) is 0 Å². The number of anilines is 1. The van der Waals surface area contributed by atoms with Gasteiger partial charge in [-0.2, -0.15) is 0 Å². The summed E-state index contributed by atoms with van der Waals surface area (Å²) in [5.74, 6) is -0.179. The Morgan fingerprint density at radius 2 is 1.92 bits per heavy atom. The minimum atomic E-state index is -0.412. The van der Waals surface area contributed by atoms with Crippen LogP contribution in [-0.4, -0.2) is 24.0 Å². The first-order valence-corrected chi connectivity index (χ1v) is 13.9. The van der Waals surface area contributed by atoms with Gasteiger partial charge in [-0.3, -0.25) is 4.79 Å². The Kier molecular flexibility index (Phi) is 6.66. The lowest BCUT2D eigenvalue weighted by Gasteiger charge is -2.33. The normalized spacial score (nSPS) is 15.5. The Balaban J connectivity index is 1.56. The number of methoxy groups -OCH3 is 1. The first-order valence-electron chi connectivity index (χ1n) is 11.9. The maximum Gasteiger partial charge on any atom is 0.341 e. The van der Waals surface area contributed by atoms with Crippen LogP contribution in [0, 0.1) is 11.3 Å². The number of nitrogens with zero attached hydrogens (tertiary/aromatic N) is 1. The molecule has 0 radical (unpaired) electrons. The standard InChI is InChI=1S/C28H27ClN2O3S2/c1-28(2,3)15-9-10-17-22(13-15)36-26(24(17)27(33)34-4)31-25(32)18-14-20(21-11-12-23(29)35-21)30-19-8-6-5-7-16(18)19/h5-8,11-12,14-15H,9-10,13H2,1-4H3,(H,31,32)/t15-/m0/s1. The molecule has 4 aromatic rings. The fraction of sp³-hybridized carbons (Fsp3) is 0.321. The lowest BCUT2D eigenvalue weighted by atomic mass is 9.72. The Morgan fingerprint density at radius 1 is 1.14 bits per heavy atom. The smallest absolute Gasteiger partial charge is 0.341 e. The molecule has 186 valence electrons. The van der Waals surface area contributed by atoms with Crippen molar-refractivity contribution >= 4 is 62.1 Å². The number of ether oxygens (including phenoxy) is 1. The molecule has 1 atom stereocenters. The molecule has 8 heteroatoms. The van der Waals surface area contributed by atoms with Crippen molar-refractivity contribution in [3.63, 3.8) is 0 Å². The number of rotatable bonds is 4. The summed E-state index contributed by atoms with van der Waals surface area (Å²) in [6.07, 6.45) is 2.70. The minimum absolute atomic E-state index is 0.174. The van der Waals surface area contributed by atoms with E-state index in [0.29, 0.717) is 32.1 Å². The number of carbonyl (C=O) groups excluding carboxylic acids is 2. The van der Waals surface area contributed by atoms with E-state index in [9.17, 15) is 9.59 Å². The number of amides is 1. The number of fused-ring (bicyclic) bond motifs is 2. The summed E-state index contributed by atoms with van der Waals surface area (Å²) in [5, 5.41) is 4.35. The van der Waals surface area contributed by atoms with Gasteiger partial charge < -0.3 is 10.1 Å². The molecule has 0 saturated carbocycles. The maximum atomic E-state index is 13.7. The third kappa shape index (κ3) is 4.67. The highest BCUT2D eigenvalue weighted by molar-refractivity contribution is 7.19. The second kappa shape index (κ2) is 9.61. The SMILES string of the molecule is COC(=O)c1c(NC(=O)c2cc(-c3ccc(Cl)s3)nc3ccccc23)sc2c1CC[C@H](C(C)(C)C)C2. The lowest BCUT2D eigenvalue weighted by Crippen LogP contribution is -2.26. The predicted octanol–water partition coefficient (Wildman–Crippen LogP) is 7.87. The first-order chi connectivity index (χ1) is 17.2. The number of carbonyl (C=O) groups is 2. The van der Waals surface area contributed by atoms with Crippen molar-refractivity contribution in [1.29, 1.82) is 0 Å². The number of hydrogen-bond donors (Lipinski definition) is 1. The van der Waals surface area contributed by atoms with Crippen LogP contribution in [0.1, 0.15) is 58.3 Å². The molecule has 1 aromatic carbocycles. The highest BCUT2D eigenvalue weighted by Crippen LogP contribution is 2.44. The predicted molar refractivity (Wildman–Crippen MR) is 149 cm³/mol. The molecule has 0 aliphatic heterocycles. The van der Waals surface area contributed by atoms with E-state index in [1.54, 1.807) is 6.07 Å². The Labute approximate surface area is 223 Å². The average molecular weight is 539 g/mol. The zero-order valence-electron chi connectivity index (χ0n) is 20.6. The molecule has 3 aromatic heterocycles. The van der Waals surface area contributed by atoms with E-state index < -0.39 is 5.97 Å². The number of hydrogen-bond acceptors (Lipinski definition) is 6. The van der Waals surface area contributed by atoms with Crippen molar-refractivity contribution in [2.45, 2.75) is 40.0 Å². The molecular weight excluding hydrogens is 512 g/mol. The van der Waals surface area contributed by atoms with Crippen LogP contribution in [0.3, 0.4) is 0 Å². The Morgan fingerprint density at radius 3 is 2.61 bits per heavy atom. The summed E-state index contributed by atoms with van der Waals surface area (Å²) >= 11 is 9.07. The van der Waals surface area contributed by atoms with E-state index in [-0.39, 0.29) is 11.3 Å². The number of halogens is 1. The van der Waals surface area contributed by atoms with Crippen LogP contribution in [0.4, 0.5) is 5.00 Å². The van der Waals surface area contributed by atoms with Crippen LogP contribution < -0.4 is 5.32 Å². The molecule has 5 rings (SSSR count). The summed E-state index contributed by atoms with van der Waals surface area (Å²) in [6, 6.07) is 13.1. The van der Waals surface area contributed by atoms with E-state index in [4.69, 9.17) is 21.3 Å². The minimum Gasteiger partial charge on any atom is -0.465 e. The van der Waals surface area contributed by atoms with Crippen molar-refractivity contribution in [1.82, 2.24) is 4.98 Å². The van der Waals surface area contributed by atoms with Crippen LogP contribution in [0.25, 0.3) is 21.5 Å². The topological polar surface area (TPSA) is 68.3 Å². The fourth-order valence-corrected chi connectivity index (χ4v) is 7.16. The van der Waals surface area contributed by atoms with Gasteiger partial charge in [0.05, 0.1) is 38.7 Å². The van der Waals surface area contributed by atoms with Crippen LogP contribution >= 0.6 is 34.3 Å². The van der Waals surface area contributed by atoms with Gasteiger partial charge in [0.1, 0.15) is 5.00 Å². The second-order valence-electron chi connectivity index (χ2n) is 10.1. The van der Waals surface area contributed by atoms with Crippen molar-refractivity contribution in [3.8, 4) is 10.6 Å². The monoisotopic (exact) mass is 538 g/mol. The highest BCUT2D eigenvalue weighted by Gasteiger charge is 2.34. The van der Waals surface area contributed by atoms with Crippen LogP contribution in [0.15, 0.2) is 42.5 Å². The summed E-state index contributed by atoms with van der Waals surface area (Å²) in [4.78, 5) is 33.3. The van der Waals surface area contributed by atoms with Crippen molar-refractivity contribution < 1.29 is 14.3 Å². The van der Waals surface area contributed by atoms with Crippen LogP contribution in [0.2, 0.25) is 4.34 Å². The molecular formula is C28H27ClN2O3S2. The van der Waals surface area contributed by atoms with Gasteiger partial charge in [0, 0.05) is 10.3 Å². The summed E-state index contributed by atoms with van der Waals surface area (Å²) in [5.41, 5.74) is 3.57. The quantitative estimate of drug-likeness (QED) is 0.268. The van der Waals surface area contributed by atoms with Crippen molar-refractivity contribution in [3.05, 3.63) is 68.4 Å². The zero-order chi connectivity index (χ0) is 25.6. The Hall–Kier alpha value is -2.74. The number of thiophene rings is 2. The average Bonchev–Trinajstić information content (AvgIpc) is 3.44. The van der Waals surface area contributed by atoms with E-state index >= 15 is 0 Å². The van der Waals surface area contributed by atoms with Gasteiger partial charge in [-0.05, 0) is 60.4 Å². The third-order valence-electron chi connectivity index (χ3n) is 6.89. The molecule has 1 N–H and O–H groups in total. The van der Waals surface area contributed by atoms with Gasteiger partial charge in [-0.25, -0.2) is 9.78 Å². The summed E-state index contributed by atoms with van der Waals surface area (Å²) < 4.78 is 5.79. The molecule has 3 heterocycles. The van der Waals surface area contributed by atoms with Gasteiger partial charge in [0.2, 0.25) is 0 Å². The van der Waals surface area contributed by atoms with Gasteiger partial charge in [0.25, 0.3) is 5.91 Å². The molecule has 0 unspecified atom stereocenters. The van der Waals surface area contributed by atoms with E-state index in [1.807, 2.05) is 36.4 Å². The number of nitrogens with one attached hydrogen (secondary N) is 1. The van der Waals surface area contributed by atoms with Gasteiger partial charge in [-0.15, -0.1) is 22.7 Å². The molecule has 36 heavy (non-hydrogen) atoms.